The van der Waals surface area contributed by atoms with Gasteiger partial charge in [-0.3, -0.25) is 9.59 Å². The van der Waals surface area contributed by atoms with Crippen LogP contribution in [0.25, 0.3) is 11.0 Å². The number of carbonyl (C=O) groups excluding carboxylic acids is 1. The molecule has 0 saturated carbocycles. The molecule has 0 fully saturated rings. The number of para-hydroxylation sites is 1. The van der Waals surface area contributed by atoms with Gasteiger partial charge in [0.2, 0.25) is 0 Å². The van der Waals surface area contributed by atoms with Crippen LogP contribution in [0.2, 0.25) is 5.02 Å². The summed E-state index contributed by atoms with van der Waals surface area (Å²) >= 11 is 6.19. The highest BCUT2D eigenvalue weighted by Gasteiger charge is 2.17. The van der Waals surface area contributed by atoms with Gasteiger partial charge >= 0.3 is 5.97 Å². The van der Waals surface area contributed by atoms with Crippen molar-refractivity contribution >= 4 is 40.1 Å². The molecular weight excluding hydrogens is 418 g/mol. The Balaban J connectivity index is 1.45. The van der Waals surface area contributed by atoms with Crippen LogP contribution < -0.4 is 10.1 Å². The van der Waals surface area contributed by atoms with Crippen molar-refractivity contribution in [3.63, 3.8) is 0 Å². The molecular formula is C24H18ClNO5. The van der Waals surface area contributed by atoms with Crippen molar-refractivity contribution in [3.8, 4) is 11.5 Å². The largest absolute Gasteiger partial charge is 0.481 e. The van der Waals surface area contributed by atoms with E-state index in [0.717, 1.165) is 10.9 Å². The van der Waals surface area contributed by atoms with Gasteiger partial charge in [-0.15, -0.1) is 0 Å². The van der Waals surface area contributed by atoms with Crippen molar-refractivity contribution in [2.45, 2.75) is 13.3 Å². The Kier molecular flexibility index (Phi) is 5.64. The molecule has 0 aliphatic rings. The molecule has 3 aromatic carbocycles. The molecule has 2 N–H and O–H groups in total. The first-order chi connectivity index (χ1) is 14.9. The van der Waals surface area contributed by atoms with Gasteiger partial charge in [0.15, 0.2) is 5.76 Å². The number of anilines is 1. The number of rotatable bonds is 6. The Morgan fingerprint density at radius 1 is 1.06 bits per heavy atom. The average molecular weight is 436 g/mol. The Hall–Kier alpha value is -3.77. The summed E-state index contributed by atoms with van der Waals surface area (Å²) in [7, 11) is 0. The van der Waals surface area contributed by atoms with E-state index >= 15 is 0 Å². The van der Waals surface area contributed by atoms with Gasteiger partial charge in [-0.05, 0) is 55.0 Å². The minimum atomic E-state index is -0.930. The number of carboxylic acids is 1. The third-order valence-corrected chi connectivity index (χ3v) is 5.04. The number of benzene rings is 3. The van der Waals surface area contributed by atoms with Gasteiger partial charge in [-0.25, -0.2) is 0 Å². The number of nitrogens with one attached hydrogen (secondary N) is 1. The zero-order chi connectivity index (χ0) is 22.0. The summed E-state index contributed by atoms with van der Waals surface area (Å²) in [5, 5.41) is 12.9. The van der Waals surface area contributed by atoms with Crippen LogP contribution in [0.5, 0.6) is 11.5 Å². The number of hydrogen-bond acceptors (Lipinski definition) is 4. The van der Waals surface area contributed by atoms with Crippen molar-refractivity contribution in [2.24, 2.45) is 0 Å². The minimum absolute atomic E-state index is 0.112. The summed E-state index contributed by atoms with van der Waals surface area (Å²) in [6.45, 7) is 1.85. The summed E-state index contributed by atoms with van der Waals surface area (Å²) in [4.78, 5) is 23.4. The van der Waals surface area contributed by atoms with Gasteiger partial charge in [0.25, 0.3) is 5.91 Å². The lowest BCUT2D eigenvalue weighted by atomic mass is 10.1. The number of amides is 1. The summed E-state index contributed by atoms with van der Waals surface area (Å²) in [5.74, 6) is -0.0642. The van der Waals surface area contributed by atoms with E-state index in [9.17, 15) is 9.59 Å². The molecule has 0 aliphatic heterocycles. The number of halogens is 1. The SMILES string of the molecule is Cc1c(C(=O)Nc2ccc(Oc3ccc(CC(=O)O)cc3Cl)cc2)oc2ccccc12. The number of aliphatic carboxylic acids is 1. The molecule has 1 aromatic heterocycles. The Labute approximate surface area is 183 Å². The molecule has 7 heteroatoms. The highest BCUT2D eigenvalue weighted by atomic mass is 35.5. The van der Waals surface area contributed by atoms with Crippen molar-refractivity contribution in [1.29, 1.82) is 0 Å². The number of fused-ring (bicyclic) bond motifs is 1. The highest BCUT2D eigenvalue weighted by molar-refractivity contribution is 6.32. The second kappa shape index (κ2) is 8.53. The second-order valence-electron chi connectivity index (χ2n) is 6.97. The molecule has 0 aliphatic carbocycles. The predicted molar refractivity (Wildman–Crippen MR) is 118 cm³/mol. The molecule has 0 atom stereocenters. The van der Waals surface area contributed by atoms with E-state index in [1.54, 1.807) is 42.5 Å². The Morgan fingerprint density at radius 3 is 2.48 bits per heavy atom. The van der Waals surface area contributed by atoms with Crippen LogP contribution in [0.4, 0.5) is 5.69 Å². The van der Waals surface area contributed by atoms with E-state index in [2.05, 4.69) is 5.32 Å². The molecule has 0 bridgehead atoms. The van der Waals surface area contributed by atoms with Crippen molar-refractivity contribution in [2.75, 3.05) is 5.32 Å². The van der Waals surface area contributed by atoms with E-state index in [0.29, 0.717) is 33.4 Å². The monoisotopic (exact) mass is 435 g/mol. The number of carboxylic acid groups (broad SMARTS) is 1. The molecule has 156 valence electrons. The molecule has 0 unspecified atom stereocenters. The normalized spacial score (nSPS) is 10.8. The van der Waals surface area contributed by atoms with E-state index in [4.69, 9.17) is 25.9 Å². The van der Waals surface area contributed by atoms with Gasteiger partial charge in [-0.2, -0.15) is 0 Å². The van der Waals surface area contributed by atoms with Crippen LogP contribution in [-0.2, 0) is 11.2 Å². The summed E-state index contributed by atoms with van der Waals surface area (Å²) in [5.41, 5.74) is 2.62. The fraction of sp³-hybridized carbons (Fsp3) is 0.0833. The lowest BCUT2D eigenvalue weighted by Gasteiger charge is -2.10. The maximum Gasteiger partial charge on any atom is 0.307 e. The third kappa shape index (κ3) is 4.54. The van der Waals surface area contributed by atoms with Gasteiger partial charge in [0.05, 0.1) is 11.4 Å². The van der Waals surface area contributed by atoms with Crippen LogP contribution >= 0.6 is 11.6 Å². The molecule has 6 nitrogen and oxygen atoms in total. The lowest BCUT2D eigenvalue weighted by molar-refractivity contribution is -0.136. The highest BCUT2D eigenvalue weighted by Crippen LogP contribution is 2.31. The van der Waals surface area contributed by atoms with E-state index in [1.807, 2.05) is 31.2 Å². The standard InChI is InChI=1S/C24H18ClNO5/c1-14-18-4-2-3-5-20(18)31-23(14)24(29)26-16-7-9-17(10-8-16)30-21-11-6-15(12-19(21)25)13-22(27)28/h2-12H,13H2,1H3,(H,26,29)(H,27,28). The van der Waals surface area contributed by atoms with Gasteiger partial charge < -0.3 is 19.6 Å². The fourth-order valence-corrected chi connectivity index (χ4v) is 3.47. The smallest absolute Gasteiger partial charge is 0.307 e. The number of hydrogen-bond donors (Lipinski definition) is 2. The predicted octanol–water partition coefficient (Wildman–Crippen LogP) is 6.07. The maximum absolute atomic E-state index is 12.6. The summed E-state index contributed by atoms with van der Waals surface area (Å²) in [6, 6.07) is 19.1. The average Bonchev–Trinajstić information content (AvgIpc) is 3.08. The van der Waals surface area contributed by atoms with Crippen LogP contribution in [0.1, 0.15) is 21.7 Å². The number of furan rings is 1. The molecule has 4 rings (SSSR count). The summed E-state index contributed by atoms with van der Waals surface area (Å²) in [6.07, 6.45) is -0.112. The molecule has 31 heavy (non-hydrogen) atoms. The van der Waals surface area contributed by atoms with Crippen LogP contribution in [0.15, 0.2) is 71.1 Å². The topological polar surface area (TPSA) is 88.8 Å². The number of carbonyl (C=O) groups is 2. The molecule has 1 heterocycles. The Morgan fingerprint density at radius 2 is 1.81 bits per heavy atom. The van der Waals surface area contributed by atoms with Crippen LogP contribution in [0.3, 0.4) is 0 Å². The van der Waals surface area contributed by atoms with Crippen LogP contribution in [0, 0.1) is 6.92 Å². The maximum atomic E-state index is 12.6. The van der Waals surface area contributed by atoms with Gasteiger partial charge in [0.1, 0.15) is 17.1 Å². The van der Waals surface area contributed by atoms with E-state index < -0.39 is 5.97 Å². The van der Waals surface area contributed by atoms with Gasteiger partial charge in [-0.1, -0.05) is 35.9 Å². The first kappa shape index (κ1) is 20.5. The first-order valence-corrected chi connectivity index (χ1v) is 9.86. The first-order valence-electron chi connectivity index (χ1n) is 9.48. The van der Waals surface area contributed by atoms with Crippen molar-refractivity contribution in [3.05, 3.63) is 88.6 Å². The molecule has 1 amide bonds. The Bertz CT molecular complexity index is 1280. The lowest BCUT2D eigenvalue weighted by Crippen LogP contribution is -2.11. The molecule has 0 saturated heterocycles. The molecule has 4 aromatic rings. The minimum Gasteiger partial charge on any atom is -0.481 e. The van der Waals surface area contributed by atoms with Gasteiger partial charge in [0, 0.05) is 16.6 Å². The van der Waals surface area contributed by atoms with Crippen LogP contribution in [-0.4, -0.2) is 17.0 Å². The molecule has 0 spiro atoms. The number of ether oxygens (including phenoxy) is 1. The zero-order valence-electron chi connectivity index (χ0n) is 16.5. The van der Waals surface area contributed by atoms with E-state index in [-0.39, 0.29) is 18.1 Å². The van der Waals surface area contributed by atoms with Crippen molar-refractivity contribution < 1.29 is 23.8 Å². The fourth-order valence-electron chi connectivity index (χ4n) is 3.22. The molecule has 0 radical (unpaired) electrons. The second-order valence-corrected chi connectivity index (χ2v) is 7.38. The van der Waals surface area contributed by atoms with Crippen molar-refractivity contribution in [1.82, 2.24) is 0 Å². The quantitative estimate of drug-likeness (QED) is 0.384. The third-order valence-electron chi connectivity index (χ3n) is 4.74. The zero-order valence-corrected chi connectivity index (χ0v) is 17.3. The number of aryl methyl sites for hydroxylation is 1. The summed E-state index contributed by atoms with van der Waals surface area (Å²) < 4.78 is 11.5. The van der Waals surface area contributed by atoms with E-state index in [1.165, 1.54) is 0 Å².